The second kappa shape index (κ2) is 5.41. The van der Waals surface area contributed by atoms with E-state index in [1.807, 2.05) is 24.4 Å². The Labute approximate surface area is 121 Å². The molecule has 108 valence electrons. The standard InChI is InChI=1S/C13H13N5O2S/c19-21(20,13-6-8-14-16-13)17-12-5-2-1-4-11(12)10-18-9-3-7-15-18/h1-9,17H,10H2,(H,14,16). The molecular weight excluding hydrogens is 290 g/mol. The van der Waals surface area contributed by atoms with Crippen molar-refractivity contribution in [2.75, 3.05) is 4.72 Å². The third-order valence-corrected chi connectivity index (χ3v) is 4.21. The van der Waals surface area contributed by atoms with Gasteiger partial charge in [-0.1, -0.05) is 18.2 Å². The molecule has 7 nitrogen and oxygen atoms in total. The summed E-state index contributed by atoms with van der Waals surface area (Å²) in [7, 11) is -3.67. The van der Waals surface area contributed by atoms with Crippen LogP contribution in [0.5, 0.6) is 0 Å². The number of H-pyrrole nitrogens is 1. The van der Waals surface area contributed by atoms with Crippen molar-refractivity contribution in [1.29, 1.82) is 0 Å². The van der Waals surface area contributed by atoms with Crippen molar-refractivity contribution in [3.63, 3.8) is 0 Å². The number of hydrogen-bond donors (Lipinski definition) is 2. The average Bonchev–Trinajstić information content (AvgIpc) is 3.13. The number of anilines is 1. The monoisotopic (exact) mass is 303 g/mol. The minimum atomic E-state index is -3.67. The van der Waals surface area contributed by atoms with Crippen LogP contribution in [0.25, 0.3) is 0 Å². The number of aromatic amines is 1. The van der Waals surface area contributed by atoms with Crippen LogP contribution in [0.15, 0.2) is 60.0 Å². The lowest BCUT2D eigenvalue weighted by molar-refractivity contribution is 0.597. The van der Waals surface area contributed by atoms with Crippen molar-refractivity contribution >= 4 is 15.7 Å². The molecule has 0 saturated carbocycles. The summed E-state index contributed by atoms with van der Waals surface area (Å²) in [5.74, 6) is 0. The maximum atomic E-state index is 12.2. The molecule has 0 radical (unpaired) electrons. The van der Waals surface area contributed by atoms with Crippen LogP contribution >= 0.6 is 0 Å². The fourth-order valence-corrected chi connectivity index (χ4v) is 2.93. The zero-order chi connectivity index (χ0) is 14.7. The first-order chi connectivity index (χ1) is 10.1. The second-order valence-electron chi connectivity index (χ2n) is 4.39. The van der Waals surface area contributed by atoms with Crippen molar-refractivity contribution in [2.45, 2.75) is 11.6 Å². The topological polar surface area (TPSA) is 92.7 Å². The lowest BCUT2D eigenvalue weighted by atomic mass is 10.2. The fourth-order valence-electron chi connectivity index (χ4n) is 1.92. The summed E-state index contributed by atoms with van der Waals surface area (Å²) in [6.07, 6.45) is 4.89. The van der Waals surface area contributed by atoms with Crippen LogP contribution in [0.3, 0.4) is 0 Å². The Morgan fingerprint density at radius 2 is 2.00 bits per heavy atom. The lowest BCUT2D eigenvalue weighted by Gasteiger charge is -2.11. The zero-order valence-electron chi connectivity index (χ0n) is 11.0. The Kier molecular flexibility index (Phi) is 3.44. The largest absolute Gasteiger partial charge is 0.278 e. The van der Waals surface area contributed by atoms with Gasteiger partial charge < -0.3 is 0 Å². The summed E-state index contributed by atoms with van der Waals surface area (Å²) in [6.45, 7) is 0.481. The number of para-hydroxylation sites is 1. The molecule has 2 aromatic heterocycles. The Balaban J connectivity index is 1.89. The highest BCUT2D eigenvalue weighted by molar-refractivity contribution is 7.92. The average molecular weight is 303 g/mol. The Morgan fingerprint density at radius 1 is 1.14 bits per heavy atom. The maximum Gasteiger partial charge on any atom is 0.278 e. The smallest absolute Gasteiger partial charge is 0.278 e. The molecule has 0 aliphatic rings. The number of sulfonamides is 1. The van der Waals surface area contributed by atoms with Crippen LogP contribution in [0, 0.1) is 0 Å². The molecular formula is C13H13N5O2S. The van der Waals surface area contributed by atoms with Gasteiger partial charge in [-0.05, 0) is 23.8 Å². The predicted molar refractivity (Wildman–Crippen MR) is 77.2 cm³/mol. The summed E-state index contributed by atoms with van der Waals surface area (Å²) in [6, 6.07) is 10.4. The number of aromatic nitrogens is 4. The normalized spacial score (nSPS) is 11.4. The Morgan fingerprint density at radius 3 is 2.71 bits per heavy atom. The van der Waals surface area contributed by atoms with E-state index in [0.29, 0.717) is 12.2 Å². The number of nitrogens with zero attached hydrogens (tertiary/aromatic N) is 3. The number of rotatable bonds is 5. The molecule has 0 saturated heterocycles. The van der Waals surface area contributed by atoms with Crippen LogP contribution in [0.1, 0.15) is 5.56 Å². The summed E-state index contributed by atoms with van der Waals surface area (Å²) < 4.78 is 28.7. The number of benzene rings is 1. The maximum absolute atomic E-state index is 12.2. The molecule has 21 heavy (non-hydrogen) atoms. The van der Waals surface area contributed by atoms with E-state index in [2.05, 4.69) is 20.0 Å². The molecule has 3 aromatic rings. The first-order valence-electron chi connectivity index (χ1n) is 6.23. The molecule has 0 spiro atoms. The van der Waals surface area contributed by atoms with Gasteiger partial charge >= 0.3 is 0 Å². The van der Waals surface area contributed by atoms with Crippen LogP contribution in [0.2, 0.25) is 0 Å². The third kappa shape index (κ3) is 2.95. The van der Waals surface area contributed by atoms with Crippen molar-refractivity contribution in [1.82, 2.24) is 20.0 Å². The van der Waals surface area contributed by atoms with Crippen LogP contribution in [0.4, 0.5) is 5.69 Å². The van der Waals surface area contributed by atoms with Crippen LogP contribution < -0.4 is 4.72 Å². The van der Waals surface area contributed by atoms with Crippen LogP contribution in [-0.4, -0.2) is 28.4 Å². The lowest BCUT2D eigenvalue weighted by Crippen LogP contribution is -2.15. The van der Waals surface area contributed by atoms with E-state index in [0.717, 1.165) is 5.56 Å². The van der Waals surface area contributed by atoms with E-state index in [1.54, 1.807) is 23.0 Å². The molecule has 8 heteroatoms. The van der Waals surface area contributed by atoms with Gasteiger partial charge in [-0.2, -0.15) is 18.6 Å². The number of nitrogens with one attached hydrogen (secondary N) is 2. The molecule has 0 atom stereocenters. The molecule has 0 aliphatic heterocycles. The second-order valence-corrected chi connectivity index (χ2v) is 6.04. The highest BCUT2D eigenvalue weighted by Gasteiger charge is 2.17. The van der Waals surface area contributed by atoms with Gasteiger partial charge in [-0.3, -0.25) is 14.5 Å². The molecule has 3 rings (SSSR count). The first-order valence-corrected chi connectivity index (χ1v) is 7.71. The molecule has 0 aliphatic carbocycles. The van der Waals surface area contributed by atoms with E-state index in [1.165, 1.54) is 12.3 Å². The molecule has 2 N–H and O–H groups in total. The predicted octanol–water partition coefficient (Wildman–Crippen LogP) is 1.46. The first kappa shape index (κ1) is 13.4. The summed E-state index contributed by atoms with van der Waals surface area (Å²) in [4.78, 5) is 0. The molecule has 0 fully saturated rings. The van der Waals surface area contributed by atoms with Gasteiger partial charge in [-0.15, -0.1) is 0 Å². The third-order valence-electron chi connectivity index (χ3n) is 2.92. The number of hydrogen-bond acceptors (Lipinski definition) is 4. The van der Waals surface area contributed by atoms with E-state index in [4.69, 9.17) is 0 Å². The van der Waals surface area contributed by atoms with Gasteiger partial charge in [0, 0.05) is 12.4 Å². The summed E-state index contributed by atoms with van der Waals surface area (Å²) >= 11 is 0. The highest BCUT2D eigenvalue weighted by Crippen LogP contribution is 2.19. The Hall–Kier alpha value is -2.61. The quantitative estimate of drug-likeness (QED) is 0.746. The Bertz CT molecular complexity index is 810. The highest BCUT2D eigenvalue weighted by atomic mass is 32.2. The van der Waals surface area contributed by atoms with Crippen molar-refractivity contribution in [3.8, 4) is 0 Å². The van der Waals surface area contributed by atoms with Crippen molar-refractivity contribution in [2.24, 2.45) is 0 Å². The summed E-state index contributed by atoms with van der Waals surface area (Å²) in [5, 5.41) is 10.2. The SMILES string of the molecule is O=S(=O)(Nc1ccccc1Cn1cccn1)c1ccn[nH]1. The zero-order valence-corrected chi connectivity index (χ0v) is 11.8. The van der Waals surface area contributed by atoms with E-state index >= 15 is 0 Å². The minimum Gasteiger partial charge on any atom is -0.278 e. The van der Waals surface area contributed by atoms with Gasteiger partial charge in [0.1, 0.15) is 0 Å². The van der Waals surface area contributed by atoms with Crippen molar-refractivity contribution < 1.29 is 8.42 Å². The molecule has 0 unspecified atom stereocenters. The van der Waals surface area contributed by atoms with Crippen molar-refractivity contribution in [3.05, 3.63) is 60.6 Å². The molecule has 2 heterocycles. The van der Waals surface area contributed by atoms with E-state index in [9.17, 15) is 8.42 Å². The van der Waals surface area contributed by atoms with Gasteiger partial charge in [-0.25, -0.2) is 0 Å². The molecule has 0 bridgehead atoms. The molecule has 1 aromatic carbocycles. The van der Waals surface area contributed by atoms with Gasteiger partial charge in [0.25, 0.3) is 10.0 Å². The van der Waals surface area contributed by atoms with Gasteiger partial charge in [0.05, 0.1) is 18.4 Å². The summed E-state index contributed by atoms with van der Waals surface area (Å²) in [5.41, 5.74) is 1.34. The van der Waals surface area contributed by atoms with Gasteiger partial charge in [0.15, 0.2) is 5.03 Å². The molecule has 0 amide bonds. The fraction of sp³-hybridized carbons (Fsp3) is 0.0769. The van der Waals surface area contributed by atoms with Crippen LogP contribution in [-0.2, 0) is 16.6 Å². The van der Waals surface area contributed by atoms with E-state index in [-0.39, 0.29) is 5.03 Å². The van der Waals surface area contributed by atoms with E-state index < -0.39 is 10.0 Å². The minimum absolute atomic E-state index is 0.0244. The van der Waals surface area contributed by atoms with Gasteiger partial charge in [0.2, 0.25) is 0 Å².